The number of hydrogen-bond acceptors (Lipinski definition) is 10. The average molecular weight is 484 g/mol. The summed E-state index contributed by atoms with van der Waals surface area (Å²) in [6, 6.07) is 7.24. The molecule has 5 amide bonds. The Morgan fingerprint density at radius 3 is 2.54 bits per heavy atom. The van der Waals surface area contributed by atoms with Crippen LogP contribution in [0.2, 0.25) is 0 Å². The maximum absolute atomic E-state index is 12.5. The van der Waals surface area contributed by atoms with Gasteiger partial charge in [-0.05, 0) is 18.2 Å². The highest BCUT2D eigenvalue weighted by molar-refractivity contribution is 6.24. The molecule has 0 spiro atoms. The van der Waals surface area contributed by atoms with Gasteiger partial charge in [0.05, 0.1) is 10.5 Å². The van der Waals surface area contributed by atoms with Crippen LogP contribution in [0.15, 0.2) is 36.4 Å². The largest absolute Gasteiger partial charge is 0.486 e. The van der Waals surface area contributed by atoms with Crippen molar-refractivity contribution in [2.45, 2.75) is 0 Å². The number of benzene rings is 2. The number of amides is 5. The van der Waals surface area contributed by atoms with E-state index in [1.54, 1.807) is 6.07 Å². The molecule has 0 fully saturated rings. The molecule has 2 heterocycles. The van der Waals surface area contributed by atoms with E-state index in [1.165, 1.54) is 24.3 Å². The average Bonchev–Trinajstić information content (AvgIpc) is 3.07. The number of urea groups is 1. The molecular weight excluding hydrogens is 468 g/mol. The van der Waals surface area contributed by atoms with Crippen molar-refractivity contribution in [2.75, 3.05) is 31.7 Å². The second-order valence-corrected chi connectivity index (χ2v) is 7.17. The number of nitrogens with zero attached hydrogens (tertiary/aromatic N) is 2. The van der Waals surface area contributed by atoms with Crippen molar-refractivity contribution in [3.05, 3.63) is 57.6 Å². The monoisotopic (exact) mass is 484 g/mol. The Bertz CT molecular complexity index is 1270. The molecule has 0 radical (unpaired) electrons. The SMILES string of the molecule is O=C(COC(=O)CN1C(=O)c2cccc([N+](=O)[O-])c2C1=O)NC(=O)Nc1ccc2c(c1)OCCO2. The normalized spacial score (nSPS) is 13.7. The lowest BCUT2D eigenvalue weighted by Crippen LogP contribution is -2.39. The molecule has 2 aliphatic rings. The highest BCUT2D eigenvalue weighted by Crippen LogP contribution is 2.32. The van der Waals surface area contributed by atoms with Gasteiger partial charge < -0.3 is 19.5 Å². The third kappa shape index (κ3) is 4.85. The number of nitrogens with one attached hydrogen (secondary N) is 2. The van der Waals surface area contributed by atoms with Gasteiger partial charge in [0, 0.05) is 17.8 Å². The molecule has 0 saturated heterocycles. The maximum Gasteiger partial charge on any atom is 0.326 e. The zero-order valence-electron chi connectivity index (χ0n) is 17.8. The molecule has 35 heavy (non-hydrogen) atoms. The fraction of sp³-hybridized carbons (Fsp3) is 0.190. The molecule has 4 rings (SSSR count). The van der Waals surface area contributed by atoms with Crippen molar-refractivity contribution >= 4 is 41.1 Å². The zero-order chi connectivity index (χ0) is 25.1. The van der Waals surface area contributed by atoms with E-state index in [9.17, 15) is 34.1 Å². The summed E-state index contributed by atoms with van der Waals surface area (Å²) in [4.78, 5) is 71.6. The highest BCUT2D eigenvalue weighted by Gasteiger charge is 2.42. The quantitative estimate of drug-likeness (QED) is 0.258. The Labute approximate surface area is 195 Å². The Balaban J connectivity index is 1.27. The van der Waals surface area contributed by atoms with E-state index in [1.807, 2.05) is 5.32 Å². The number of esters is 1. The number of carbonyl (C=O) groups is 5. The van der Waals surface area contributed by atoms with Gasteiger partial charge in [0.25, 0.3) is 23.4 Å². The molecule has 2 N–H and O–H groups in total. The van der Waals surface area contributed by atoms with E-state index >= 15 is 0 Å². The van der Waals surface area contributed by atoms with E-state index in [0.717, 1.165) is 6.07 Å². The minimum atomic E-state index is -1.13. The van der Waals surface area contributed by atoms with Crippen LogP contribution >= 0.6 is 0 Å². The van der Waals surface area contributed by atoms with Gasteiger partial charge in [0.2, 0.25) is 0 Å². The first kappa shape index (κ1) is 23.2. The standard InChI is InChI=1S/C21H16N4O10/c26-16(23-21(30)22-11-4-5-14-15(8-11)34-7-6-33-14)10-35-17(27)9-24-19(28)12-2-1-3-13(25(31)32)18(12)20(24)29/h1-5,8H,6-7,9-10H2,(H2,22,23,26,30). The number of ether oxygens (including phenoxy) is 3. The second kappa shape index (κ2) is 9.46. The van der Waals surface area contributed by atoms with Crippen molar-refractivity contribution in [3.63, 3.8) is 0 Å². The van der Waals surface area contributed by atoms with Gasteiger partial charge in [-0.1, -0.05) is 6.07 Å². The third-order valence-electron chi connectivity index (χ3n) is 4.88. The highest BCUT2D eigenvalue weighted by atomic mass is 16.6. The molecule has 0 aliphatic carbocycles. The topological polar surface area (TPSA) is 183 Å². The fourth-order valence-corrected chi connectivity index (χ4v) is 3.38. The Morgan fingerprint density at radius 2 is 1.80 bits per heavy atom. The van der Waals surface area contributed by atoms with E-state index in [4.69, 9.17) is 14.2 Å². The van der Waals surface area contributed by atoms with Gasteiger partial charge >= 0.3 is 12.0 Å². The van der Waals surface area contributed by atoms with Crippen LogP contribution in [0.5, 0.6) is 11.5 Å². The van der Waals surface area contributed by atoms with Crippen molar-refractivity contribution in [2.24, 2.45) is 0 Å². The predicted molar refractivity (Wildman–Crippen MR) is 114 cm³/mol. The Kier molecular flexibility index (Phi) is 6.26. The van der Waals surface area contributed by atoms with Gasteiger partial charge in [-0.15, -0.1) is 0 Å². The minimum Gasteiger partial charge on any atom is -0.486 e. The number of nitro groups is 1. The number of nitro benzene ring substituents is 1. The molecule has 180 valence electrons. The van der Waals surface area contributed by atoms with Crippen LogP contribution in [0.1, 0.15) is 20.7 Å². The number of hydrogen-bond donors (Lipinski definition) is 2. The van der Waals surface area contributed by atoms with Crippen molar-refractivity contribution < 1.29 is 43.1 Å². The van der Waals surface area contributed by atoms with E-state index in [2.05, 4.69) is 5.32 Å². The summed E-state index contributed by atoms with van der Waals surface area (Å²) in [7, 11) is 0. The summed E-state index contributed by atoms with van der Waals surface area (Å²) in [5.74, 6) is -3.12. The Morgan fingerprint density at radius 1 is 1.06 bits per heavy atom. The van der Waals surface area contributed by atoms with Crippen molar-refractivity contribution in [1.82, 2.24) is 10.2 Å². The van der Waals surface area contributed by atoms with Crippen LogP contribution in [0.3, 0.4) is 0 Å². The summed E-state index contributed by atoms with van der Waals surface area (Å²) in [5, 5.41) is 15.5. The molecule has 2 aromatic rings. The van der Waals surface area contributed by atoms with Gasteiger partial charge in [0.15, 0.2) is 18.1 Å². The number of imide groups is 2. The summed E-state index contributed by atoms with van der Waals surface area (Å²) in [6.07, 6.45) is 0. The number of anilines is 1. The second-order valence-electron chi connectivity index (χ2n) is 7.17. The van der Waals surface area contributed by atoms with E-state index in [-0.39, 0.29) is 5.56 Å². The molecule has 2 aromatic carbocycles. The molecule has 14 heteroatoms. The van der Waals surface area contributed by atoms with Crippen LogP contribution in [0, 0.1) is 10.1 Å². The maximum atomic E-state index is 12.5. The van der Waals surface area contributed by atoms with Crippen LogP contribution in [0.25, 0.3) is 0 Å². The molecule has 0 aromatic heterocycles. The van der Waals surface area contributed by atoms with Gasteiger partial charge in [-0.2, -0.15) is 0 Å². The van der Waals surface area contributed by atoms with Crippen molar-refractivity contribution in [1.29, 1.82) is 0 Å². The smallest absolute Gasteiger partial charge is 0.326 e. The first-order valence-corrected chi connectivity index (χ1v) is 10.0. The fourth-order valence-electron chi connectivity index (χ4n) is 3.38. The van der Waals surface area contributed by atoms with Crippen molar-refractivity contribution in [3.8, 4) is 11.5 Å². The van der Waals surface area contributed by atoms with E-state index in [0.29, 0.717) is 35.3 Å². The molecule has 0 bridgehead atoms. The molecule has 0 atom stereocenters. The molecule has 0 saturated carbocycles. The number of rotatable bonds is 6. The van der Waals surface area contributed by atoms with Crippen LogP contribution in [-0.4, -0.2) is 65.9 Å². The molecular formula is C21H16N4O10. The first-order chi connectivity index (χ1) is 16.7. The third-order valence-corrected chi connectivity index (χ3v) is 4.88. The van der Waals surface area contributed by atoms with E-state index < -0.39 is 59.0 Å². The first-order valence-electron chi connectivity index (χ1n) is 10.0. The zero-order valence-corrected chi connectivity index (χ0v) is 17.8. The van der Waals surface area contributed by atoms with Gasteiger partial charge in [-0.3, -0.25) is 39.5 Å². The lowest BCUT2D eigenvalue weighted by atomic mass is 10.1. The molecule has 14 nitrogen and oxygen atoms in total. The van der Waals surface area contributed by atoms with Crippen LogP contribution in [0.4, 0.5) is 16.2 Å². The number of carbonyl (C=O) groups excluding carboxylic acids is 5. The predicted octanol–water partition coefficient (Wildman–Crippen LogP) is 0.853. The summed E-state index contributed by atoms with van der Waals surface area (Å²) in [6.45, 7) is -0.999. The Hall–Kier alpha value is -5.01. The summed E-state index contributed by atoms with van der Waals surface area (Å²) in [5.41, 5.74) is -0.897. The van der Waals surface area contributed by atoms with Crippen LogP contribution in [-0.2, 0) is 14.3 Å². The molecule has 2 aliphatic heterocycles. The van der Waals surface area contributed by atoms with Gasteiger partial charge in [-0.25, -0.2) is 4.79 Å². The van der Waals surface area contributed by atoms with Crippen LogP contribution < -0.4 is 20.1 Å². The lowest BCUT2D eigenvalue weighted by Gasteiger charge is -2.19. The van der Waals surface area contributed by atoms with Gasteiger partial charge in [0.1, 0.15) is 25.3 Å². The number of fused-ring (bicyclic) bond motifs is 2. The summed E-state index contributed by atoms with van der Waals surface area (Å²) >= 11 is 0. The summed E-state index contributed by atoms with van der Waals surface area (Å²) < 4.78 is 15.5. The molecule has 0 unspecified atom stereocenters. The lowest BCUT2D eigenvalue weighted by molar-refractivity contribution is -0.385. The minimum absolute atomic E-state index is 0.217.